The molecule has 4 heteroatoms. The van der Waals surface area contributed by atoms with Gasteiger partial charge in [0.05, 0.1) is 5.69 Å². The van der Waals surface area contributed by atoms with Crippen LogP contribution in [0.15, 0.2) is 0 Å². The number of nitrogens with one attached hydrogen (secondary N) is 2. The lowest BCUT2D eigenvalue weighted by Crippen LogP contribution is -2.09. The highest BCUT2D eigenvalue weighted by Crippen LogP contribution is 2.25. The molecule has 1 unspecified atom stereocenters. The molecule has 10 heavy (non-hydrogen) atoms. The number of fused-ring (bicyclic) bond motifs is 1. The first-order valence-electron chi connectivity index (χ1n) is 3.35. The van der Waals surface area contributed by atoms with E-state index in [1.54, 1.807) is 0 Å². The molecule has 4 N–H and O–H groups in total. The Morgan fingerprint density at radius 1 is 1.70 bits per heavy atom. The Kier molecular flexibility index (Phi) is 0.990. The normalized spacial score (nSPS) is 23.1. The van der Waals surface area contributed by atoms with Crippen molar-refractivity contribution in [3.05, 3.63) is 11.3 Å². The van der Waals surface area contributed by atoms with Crippen LogP contribution in [0.1, 0.15) is 24.2 Å². The second kappa shape index (κ2) is 1.73. The van der Waals surface area contributed by atoms with Crippen LogP contribution in [-0.2, 0) is 6.54 Å². The van der Waals surface area contributed by atoms with Crippen molar-refractivity contribution in [3.63, 3.8) is 0 Å². The molecule has 0 fully saturated rings. The van der Waals surface area contributed by atoms with Gasteiger partial charge in [-0.25, -0.2) is 0 Å². The molecule has 0 bridgehead atoms. The summed E-state index contributed by atoms with van der Waals surface area (Å²) in [5.41, 5.74) is 7.84. The molecule has 4 nitrogen and oxygen atoms in total. The number of nitrogens with zero attached hydrogens (tertiary/aromatic N) is 1. The maximum absolute atomic E-state index is 5.57. The average Bonchev–Trinajstić information content (AvgIpc) is 2.41. The number of hydrogen-bond donors (Lipinski definition) is 3. The van der Waals surface area contributed by atoms with Gasteiger partial charge in [0.1, 0.15) is 5.82 Å². The fraction of sp³-hybridized carbons (Fsp3) is 0.500. The number of hydrogen-bond acceptors (Lipinski definition) is 3. The number of aromatic nitrogens is 2. The number of rotatable bonds is 0. The van der Waals surface area contributed by atoms with Crippen LogP contribution in [0.4, 0.5) is 5.82 Å². The Morgan fingerprint density at radius 2 is 2.50 bits per heavy atom. The molecule has 0 spiro atoms. The van der Waals surface area contributed by atoms with Crippen LogP contribution in [0.2, 0.25) is 0 Å². The van der Waals surface area contributed by atoms with Gasteiger partial charge in [-0.05, 0) is 6.92 Å². The molecule has 0 amide bonds. The summed E-state index contributed by atoms with van der Waals surface area (Å²) >= 11 is 0. The molecule has 0 radical (unpaired) electrons. The van der Waals surface area contributed by atoms with E-state index in [-0.39, 0.29) is 0 Å². The topological polar surface area (TPSA) is 66.7 Å². The summed E-state index contributed by atoms with van der Waals surface area (Å²) < 4.78 is 0. The molecule has 0 saturated heterocycles. The van der Waals surface area contributed by atoms with Crippen LogP contribution in [0, 0.1) is 0 Å². The maximum atomic E-state index is 5.57. The van der Waals surface area contributed by atoms with Gasteiger partial charge < -0.3 is 11.1 Å². The Balaban J connectivity index is 2.53. The molecule has 0 saturated carbocycles. The second-order valence-corrected chi connectivity index (χ2v) is 2.60. The van der Waals surface area contributed by atoms with Gasteiger partial charge in [0.2, 0.25) is 0 Å². The van der Waals surface area contributed by atoms with Crippen LogP contribution < -0.4 is 11.1 Å². The van der Waals surface area contributed by atoms with Crippen LogP contribution in [0.5, 0.6) is 0 Å². The van der Waals surface area contributed by atoms with Crippen LogP contribution in [-0.4, -0.2) is 10.2 Å². The highest BCUT2D eigenvalue weighted by molar-refractivity contribution is 5.45. The van der Waals surface area contributed by atoms with Crippen molar-refractivity contribution in [3.8, 4) is 0 Å². The summed E-state index contributed by atoms with van der Waals surface area (Å²) in [5.74, 6) is 0.631. The summed E-state index contributed by atoms with van der Waals surface area (Å²) in [6.07, 6.45) is 0. The summed E-state index contributed by atoms with van der Waals surface area (Å²) in [5, 5.41) is 10.1. The zero-order valence-corrected chi connectivity index (χ0v) is 5.81. The molecule has 2 rings (SSSR count). The van der Waals surface area contributed by atoms with Gasteiger partial charge in [0.15, 0.2) is 0 Å². The van der Waals surface area contributed by atoms with Crippen LogP contribution in [0.3, 0.4) is 0 Å². The van der Waals surface area contributed by atoms with E-state index in [0.29, 0.717) is 11.9 Å². The average molecular weight is 138 g/mol. The van der Waals surface area contributed by atoms with E-state index in [1.165, 1.54) is 0 Å². The smallest absolute Gasteiger partial charge is 0.150 e. The number of nitrogen functional groups attached to an aromatic ring is 1. The van der Waals surface area contributed by atoms with Gasteiger partial charge in [-0.3, -0.25) is 5.10 Å². The molecule has 0 aliphatic carbocycles. The van der Waals surface area contributed by atoms with Gasteiger partial charge in [-0.1, -0.05) is 0 Å². The zero-order valence-electron chi connectivity index (χ0n) is 5.81. The monoisotopic (exact) mass is 138 g/mol. The highest BCUT2D eigenvalue weighted by Gasteiger charge is 2.22. The minimum absolute atomic E-state index is 0.375. The third-order valence-corrected chi connectivity index (χ3v) is 1.95. The third-order valence-electron chi connectivity index (χ3n) is 1.95. The Morgan fingerprint density at radius 3 is 3.20 bits per heavy atom. The van der Waals surface area contributed by atoms with Crippen molar-refractivity contribution in [2.75, 3.05) is 5.73 Å². The largest absolute Gasteiger partial charge is 0.382 e. The Labute approximate surface area is 58.8 Å². The lowest BCUT2D eigenvalue weighted by molar-refractivity contribution is 0.615. The minimum atomic E-state index is 0.375. The quantitative estimate of drug-likeness (QED) is 0.478. The van der Waals surface area contributed by atoms with E-state index >= 15 is 0 Å². The van der Waals surface area contributed by atoms with Gasteiger partial charge in [0, 0.05) is 18.2 Å². The van der Waals surface area contributed by atoms with Crippen molar-refractivity contribution < 1.29 is 0 Å². The SMILES string of the molecule is CC1NCc2c(N)n[nH]c21. The van der Waals surface area contributed by atoms with E-state index < -0.39 is 0 Å². The Hall–Kier alpha value is -1.03. The molecule has 0 aromatic carbocycles. The van der Waals surface area contributed by atoms with Gasteiger partial charge in [0.25, 0.3) is 0 Å². The van der Waals surface area contributed by atoms with Crippen LogP contribution >= 0.6 is 0 Å². The van der Waals surface area contributed by atoms with Crippen molar-refractivity contribution >= 4 is 5.82 Å². The molecule has 1 aromatic heterocycles. The van der Waals surface area contributed by atoms with E-state index in [4.69, 9.17) is 5.73 Å². The van der Waals surface area contributed by atoms with Crippen molar-refractivity contribution in [1.29, 1.82) is 0 Å². The van der Waals surface area contributed by atoms with Crippen molar-refractivity contribution in [2.24, 2.45) is 0 Å². The molecule has 1 aliphatic rings. The van der Waals surface area contributed by atoms with Crippen molar-refractivity contribution in [1.82, 2.24) is 15.5 Å². The molecular weight excluding hydrogens is 128 g/mol. The minimum Gasteiger partial charge on any atom is -0.382 e. The predicted molar refractivity (Wildman–Crippen MR) is 38.3 cm³/mol. The first kappa shape index (κ1) is 5.73. The third kappa shape index (κ3) is 0.565. The predicted octanol–water partition coefficient (Wildman–Crippen LogP) is 0.156. The van der Waals surface area contributed by atoms with Gasteiger partial charge in [-0.2, -0.15) is 5.10 Å². The summed E-state index contributed by atoms with van der Waals surface area (Å²) in [6.45, 7) is 2.93. The zero-order chi connectivity index (χ0) is 7.14. The number of aromatic amines is 1. The molecule has 1 aliphatic heterocycles. The fourth-order valence-corrected chi connectivity index (χ4v) is 1.29. The maximum Gasteiger partial charge on any atom is 0.150 e. The molecule has 54 valence electrons. The lowest BCUT2D eigenvalue weighted by atomic mass is 10.2. The van der Waals surface area contributed by atoms with E-state index in [9.17, 15) is 0 Å². The first-order chi connectivity index (χ1) is 4.79. The second-order valence-electron chi connectivity index (χ2n) is 2.60. The summed E-state index contributed by atoms with van der Waals surface area (Å²) in [6, 6.07) is 0.375. The first-order valence-corrected chi connectivity index (χ1v) is 3.35. The lowest BCUT2D eigenvalue weighted by Gasteiger charge is -1.98. The Bertz CT molecular complexity index is 252. The summed E-state index contributed by atoms with van der Waals surface area (Å²) in [4.78, 5) is 0. The highest BCUT2D eigenvalue weighted by atomic mass is 15.2. The van der Waals surface area contributed by atoms with Crippen LogP contribution in [0.25, 0.3) is 0 Å². The number of nitrogens with two attached hydrogens (primary N) is 1. The van der Waals surface area contributed by atoms with Gasteiger partial charge >= 0.3 is 0 Å². The van der Waals surface area contributed by atoms with E-state index in [2.05, 4.69) is 22.4 Å². The van der Waals surface area contributed by atoms with Gasteiger partial charge in [-0.15, -0.1) is 0 Å². The molecule has 1 atom stereocenters. The van der Waals surface area contributed by atoms with E-state index in [0.717, 1.165) is 17.8 Å². The number of H-pyrrole nitrogens is 1. The summed E-state index contributed by atoms with van der Waals surface area (Å²) in [7, 11) is 0. The van der Waals surface area contributed by atoms with Crippen molar-refractivity contribution in [2.45, 2.75) is 19.5 Å². The molecule has 2 heterocycles. The fourth-order valence-electron chi connectivity index (χ4n) is 1.29. The standard InChI is InChI=1S/C6H10N4/c1-3-5-4(2-8-3)6(7)10-9-5/h3,8H,2H2,1H3,(H3,7,9,10). The molecule has 1 aromatic rings. The number of anilines is 1. The molecular formula is C6H10N4. The van der Waals surface area contributed by atoms with E-state index in [1.807, 2.05) is 0 Å².